The minimum atomic E-state index is -1.58. The molecule has 1 atom stereocenters. The van der Waals surface area contributed by atoms with Gasteiger partial charge in [-0.2, -0.15) is 0 Å². The number of hydrogen-bond donors (Lipinski definition) is 1. The Hall–Kier alpha value is 0.140. The van der Waals surface area contributed by atoms with Crippen molar-refractivity contribution in [3.63, 3.8) is 0 Å². The second kappa shape index (κ2) is 5.28. The van der Waals surface area contributed by atoms with Gasteiger partial charge in [-0.25, -0.2) is 4.39 Å². The van der Waals surface area contributed by atoms with Crippen molar-refractivity contribution in [1.29, 1.82) is 0 Å². The van der Waals surface area contributed by atoms with E-state index in [4.69, 9.17) is 16.7 Å². The van der Waals surface area contributed by atoms with Gasteiger partial charge in [0.2, 0.25) is 6.36 Å². The van der Waals surface area contributed by atoms with E-state index in [0.29, 0.717) is 0 Å². The summed E-state index contributed by atoms with van der Waals surface area (Å²) < 4.78 is 16.1. The molecule has 4 heteroatoms. The van der Waals surface area contributed by atoms with Crippen LogP contribution in [0, 0.1) is 0 Å². The Morgan fingerprint density at radius 1 is 1.75 bits per heavy atom. The Bertz CT molecular complexity index is 53.3. The smallest absolute Gasteiger partial charge is 0.222 e. The average molecular weight is 143 g/mol. The highest BCUT2D eigenvalue weighted by Gasteiger charge is 2.00. The maximum absolute atomic E-state index is 11.8. The molecule has 0 aromatic carbocycles. The number of aliphatic hydroxyl groups is 1. The van der Waals surface area contributed by atoms with Crippen molar-refractivity contribution in [2.45, 2.75) is 6.36 Å². The normalized spacial score (nSPS) is 13.9. The summed E-state index contributed by atoms with van der Waals surface area (Å²) >= 11 is 5.13. The van der Waals surface area contributed by atoms with Crippen molar-refractivity contribution in [2.24, 2.45) is 0 Å². The average Bonchev–Trinajstić information content (AvgIpc) is 1.83. The molecule has 50 valence electrons. The van der Waals surface area contributed by atoms with Crippen LogP contribution in [0.25, 0.3) is 0 Å². The van der Waals surface area contributed by atoms with E-state index >= 15 is 0 Å². The van der Waals surface area contributed by atoms with E-state index in [1.165, 1.54) is 0 Å². The van der Waals surface area contributed by atoms with Crippen LogP contribution in [0.1, 0.15) is 0 Å². The van der Waals surface area contributed by atoms with E-state index in [2.05, 4.69) is 4.74 Å². The highest BCUT2D eigenvalue weighted by Crippen LogP contribution is 1.91. The Balaban J connectivity index is 2.86. The second-order valence-electron chi connectivity index (χ2n) is 1.15. The third-order valence-corrected chi connectivity index (χ3v) is 0.674. The van der Waals surface area contributed by atoms with Gasteiger partial charge in [0, 0.05) is 5.88 Å². The summed E-state index contributed by atoms with van der Waals surface area (Å²) in [6.07, 6.45) is -1.58. The maximum atomic E-state index is 11.8. The molecule has 0 aromatic rings. The molecule has 0 rings (SSSR count). The zero-order valence-corrected chi connectivity index (χ0v) is 5.07. The van der Waals surface area contributed by atoms with Crippen molar-refractivity contribution in [3.8, 4) is 0 Å². The molecule has 0 saturated heterocycles. The summed E-state index contributed by atoms with van der Waals surface area (Å²) in [6.45, 7) is -0.458. The van der Waals surface area contributed by atoms with Crippen LogP contribution in [0.15, 0.2) is 0 Å². The number of aliphatic hydroxyl groups excluding tert-OH is 1. The van der Waals surface area contributed by atoms with Gasteiger partial charge in [-0.3, -0.25) is 0 Å². The van der Waals surface area contributed by atoms with Crippen LogP contribution in [0.3, 0.4) is 0 Å². The first kappa shape index (κ1) is 8.14. The first-order chi connectivity index (χ1) is 3.81. The van der Waals surface area contributed by atoms with Crippen LogP contribution in [0.2, 0.25) is 0 Å². The van der Waals surface area contributed by atoms with Gasteiger partial charge < -0.3 is 9.84 Å². The van der Waals surface area contributed by atoms with E-state index in [-0.39, 0.29) is 12.5 Å². The van der Waals surface area contributed by atoms with Crippen LogP contribution < -0.4 is 0 Å². The highest BCUT2D eigenvalue weighted by molar-refractivity contribution is 6.17. The van der Waals surface area contributed by atoms with Crippen molar-refractivity contribution in [1.82, 2.24) is 0 Å². The Morgan fingerprint density at radius 2 is 2.38 bits per heavy atom. The first-order valence-corrected chi connectivity index (χ1v) is 2.77. The molecule has 0 spiro atoms. The molecule has 1 N–H and O–H groups in total. The number of ether oxygens (including phenoxy) is 1. The predicted molar refractivity (Wildman–Crippen MR) is 28.7 cm³/mol. The molecule has 1 unspecified atom stereocenters. The summed E-state index contributed by atoms with van der Waals surface area (Å²) in [4.78, 5) is 0. The topological polar surface area (TPSA) is 29.5 Å². The summed E-state index contributed by atoms with van der Waals surface area (Å²) in [5.74, 6) is 0.250. The van der Waals surface area contributed by atoms with Crippen LogP contribution in [-0.2, 0) is 4.74 Å². The number of halogens is 2. The molecule has 0 fully saturated rings. The molecule has 0 radical (unpaired) electrons. The van der Waals surface area contributed by atoms with Gasteiger partial charge >= 0.3 is 0 Å². The molecule has 0 saturated carbocycles. The summed E-state index contributed by atoms with van der Waals surface area (Å²) in [6, 6.07) is 0. The molecule has 0 heterocycles. The van der Waals surface area contributed by atoms with E-state index in [1.807, 2.05) is 0 Å². The molecule has 0 aliphatic rings. The van der Waals surface area contributed by atoms with Crippen molar-refractivity contribution >= 4 is 11.6 Å². The lowest BCUT2D eigenvalue weighted by Gasteiger charge is -2.02. The van der Waals surface area contributed by atoms with E-state index in [1.54, 1.807) is 0 Å². The third kappa shape index (κ3) is 4.30. The Morgan fingerprint density at radius 3 is 2.75 bits per heavy atom. The van der Waals surface area contributed by atoms with Crippen molar-refractivity contribution < 1.29 is 14.2 Å². The van der Waals surface area contributed by atoms with Gasteiger partial charge in [0.15, 0.2) is 0 Å². The van der Waals surface area contributed by atoms with Crippen LogP contribution in [0.5, 0.6) is 0 Å². The van der Waals surface area contributed by atoms with Gasteiger partial charge in [-0.05, 0) is 0 Å². The third-order valence-electron chi connectivity index (χ3n) is 0.519. The summed E-state index contributed by atoms with van der Waals surface area (Å²) in [5, 5.41) is 8.02. The highest BCUT2D eigenvalue weighted by atomic mass is 35.5. The van der Waals surface area contributed by atoms with Gasteiger partial charge in [0.1, 0.15) is 0 Å². The molecule has 0 amide bonds. The van der Waals surface area contributed by atoms with Crippen LogP contribution in [0.4, 0.5) is 4.39 Å². The quantitative estimate of drug-likeness (QED) is 0.581. The largest absolute Gasteiger partial charge is 0.391 e. The van der Waals surface area contributed by atoms with Gasteiger partial charge in [-0.15, -0.1) is 11.6 Å². The lowest BCUT2D eigenvalue weighted by molar-refractivity contribution is -0.0638. The van der Waals surface area contributed by atoms with Gasteiger partial charge in [0.05, 0.1) is 13.2 Å². The lowest BCUT2D eigenvalue weighted by Crippen LogP contribution is -2.12. The molecular formula is C4H8ClFO2. The molecule has 0 bridgehead atoms. The van der Waals surface area contributed by atoms with E-state index in [0.717, 1.165) is 0 Å². The van der Waals surface area contributed by atoms with Gasteiger partial charge in [-0.1, -0.05) is 0 Å². The number of alkyl halides is 2. The first-order valence-electron chi connectivity index (χ1n) is 2.23. The summed E-state index contributed by atoms with van der Waals surface area (Å²) in [7, 11) is 0. The SMILES string of the molecule is OCC(F)OCCCl. The molecule has 0 aliphatic carbocycles. The summed E-state index contributed by atoms with van der Waals surface area (Å²) in [5.41, 5.74) is 0. The Kier molecular flexibility index (Phi) is 5.37. The maximum Gasteiger partial charge on any atom is 0.222 e. The second-order valence-corrected chi connectivity index (χ2v) is 1.53. The zero-order chi connectivity index (χ0) is 6.41. The fraction of sp³-hybridized carbons (Fsp3) is 1.00. The van der Waals surface area contributed by atoms with Gasteiger partial charge in [0.25, 0.3) is 0 Å². The minimum absolute atomic E-state index is 0.142. The minimum Gasteiger partial charge on any atom is -0.391 e. The standard InChI is InChI=1S/C4H8ClFO2/c5-1-2-8-4(6)3-7/h4,7H,1-3H2. The van der Waals surface area contributed by atoms with E-state index < -0.39 is 13.0 Å². The Labute approximate surface area is 52.2 Å². The molecule has 8 heavy (non-hydrogen) atoms. The van der Waals surface area contributed by atoms with Crippen molar-refractivity contribution in [2.75, 3.05) is 19.1 Å². The zero-order valence-electron chi connectivity index (χ0n) is 4.31. The number of hydrogen-bond acceptors (Lipinski definition) is 2. The fourth-order valence-corrected chi connectivity index (χ4v) is 0.314. The predicted octanol–water partition coefficient (Wildman–Crippen LogP) is 0.530. The van der Waals surface area contributed by atoms with E-state index in [9.17, 15) is 4.39 Å². The van der Waals surface area contributed by atoms with Crippen molar-refractivity contribution in [3.05, 3.63) is 0 Å². The lowest BCUT2D eigenvalue weighted by atomic mass is 10.7. The number of rotatable bonds is 4. The monoisotopic (exact) mass is 142 g/mol. The van der Waals surface area contributed by atoms with Crippen LogP contribution in [-0.4, -0.2) is 30.6 Å². The fourth-order valence-electron chi connectivity index (χ4n) is 0.225. The van der Waals surface area contributed by atoms with Crippen LogP contribution >= 0.6 is 11.6 Å². The molecular weight excluding hydrogens is 134 g/mol. The molecule has 0 aromatic heterocycles. The molecule has 0 aliphatic heterocycles. The molecule has 2 nitrogen and oxygen atoms in total.